The van der Waals surface area contributed by atoms with Gasteiger partial charge in [-0.3, -0.25) is 0 Å². The van der Waals surface area contributed by atoms with Gasteiger partial charge >= 0.3 is 0 Å². The Morgan fingerprint density at radius 1 is 1.43 bits per heavy atom. The minimum Gasteiger partial charge on any atom is -0.504 e. The third-order valence-corrected chi connectivity index (χ3v) is 2.60. The maximum absolute atomic E-state index is 9.33. The molecule has 1 rings (SSSR count). The van der Waals surface area contributed by atoms with Gasteiger partial charge in [-0.05, 0) is 40.7 Å². The number of benzene rings is 1. The average molecular weight is 262 g/mol. The molecule has 0 amide bonds. The summed E-state index contributed by atoms with van der Waals surface area (Å²) in [5.41, 5.74) is 0.706. The van der Waals surface area contributed by atoms with Gasteiger partial charge in [-0.25, -0.2) is 0 Å². The van der Waals surface area contributed by atoms with Crippen LogP contribution in [0.25, 0.3) is 0 Å². The second kappa shape index (κ2) is 4.63. The van der Waals surface area contributed by atoms with Crippen molar-refractivity contribution in [3.63, 3.8) is 0 Å². The average Bonchev–Trinajstić information content (AvgIpc) is 2.16. The van der Waals surface area contributed by atoms with E-state index in [1.165, 1.54) is 6.07 Å². The van der Waals surface area contributed by atoms with Crippen molar-refractivity contribution in [2.45, 2.75) is 6.04 Å². The first-order valence-corrected chi connectivity index (χ1v) is 4.89. The Kier molecular flexibility index (Phi) is 3.74. The molecule has 0 saturated heterocycles. The van der Waals surface area contributed by atoms with Crippen molar-refractivity contribution in [1.82, 2.24) is 5.32 Å². The molecule has 1 aromatic rings. The topological polar surface area (TPSA) is 72.7 Å². The number of nitrogens with one attached hydrogen (secondary N) is 1. The molecule has 4 N–H and O–H groups in total. The highest BCUT2D eigenvalue weighted by atomic mass is 79.9. The Morgan fingerprint density at radius 2 is 2.07 bits per heavy atom. The van der Waals surface area contributed by atoms with E-state index < -0.39 is 0 Å². The molecular weight excluding hydrogens is 250 g/mol. The summed E-state index contributed by atoms with van der Waals surface area (Å²) in [4.78, 5) is 0. The number of likely N-dealkylation sites (N-methyl/N-ethyl adjacent to an activating group) is 1. The first-order chi connectivity index (χ1) is 6.60. The van der Waals surface area contributed by atoms with Crippen LogP contribution in [-0.4, -0.2) is 29.0 Å². The van der Waals surface area contributed by atoms with Crippen molar-refractivity contribution < 1.29 is 15.3 Å². The second-order valence-electron chi connectivity index (χ2n) is 2.89. The summed E-state index contributed by atoms with van der Waals surface area (Å²) in [6.07, 6.45) is 0. The predicted octanol–water partition coefficient (Wildman–Crippen LogP) is 1.11. The van der Waals surface area contributed by atoms with Crippen LogP contribution < -0.4 is 5.32 Å². The highest BCUT2D eigenvalue weighted by Crippen LogP contribution is 2.35. The zero-order chi connectivity index (χ0) is 10.7. The van der Waals surface area contributed by atoms with Crippen LogP contribution in [0.15, 0.2) is 16.6 Å². The second-order valence-corrected chi connectivity index (χ2v) is 3.75. The molecule has 0 fully saturated rings. The van der Waals surface area contributed by atoms with E-state index in [2.05, 4.69) is 21.2 Å². The Hall–Kier alpha value is -0.780. The number of aliphatic hydroxyl groups excluding tert-OH is 1. The van der Waals surface area contributed by atoms with Crippen molar-refractivity contribution >= 4 is 15.9 Å². The molecular formula is C9H12BrNO3. The van der Waals surface area contributed by atoms with Gasteiger partial charge in [-0.1, -0.05) is 0 Å². The molecule has 4 nitrogen and oxygen atoms in total. The number of hydrogen-bond donors (Lipinski definition) is 4. The first-order valence-electron chi connectivity index (χ1n) is 4.09. The third kappa shape index (κ3) is 2.17. The predicted molar refractivity (Wildman–Crippen MR) is 56.4 cm³/mol. The Morgan fingerprint density at radius 3 is 2.50 bits per heavy atom. The van der Waals surface area contributed by atoms with Crippen molar-refractivity contribution in [2.24, 2.45) is 0 Å². The first kappa shape index (κ1) is 11.3. The molecule has 14 heavy (non-hydrogen) atoms. The largest absolute Gasteiger partial charge is 0.504 e. The van der Waals surface area contributed by atoms with Gasteiger partial charge in [0.15, 0.2) is 11.5 Å². The number of phenolic OH excluding ortho intramolecular Hbond substituents is 2. The van der Waals surface area contributed by atoms with Crippen LogP contribution >= 0.6 is 15.9 Å². The molecule has 0 unspecified atom stereocenters. The summed E-state index contributed by atoms with van der Waals surface area (Å²) in [6, 6.07) is 2.81. The maximum Gasteiger partial charge on any atom is 0.171 e. The van der Waals surface area contributed by atoms with Gasteiger partial charge < -0.3 is 20.6 Å². The van der Waals surface area contributed by atoms with Crippen LogP contribution in [0.1, 0.15) is 11.6 Å². The molecule has 0 aliphatic carbocycles. The lowest BCUT2D eigenvalue weighted by Crippen LogP contribution is -2.19. The molecule has 0 aliphatic rings. The summed E-state index contributed by atoms with van der Waals surface area (Å²) in [5, 5.41) is 30.5. The zero-order valence-corrected chi connectivity index (χ0v) is 9.24. The SMILES string of the molecule is CN[C@H](CO)c1cc(O)c(O)c(Br)c1. The van der Waals surface area contributed by atoms with Crippen LogP contribution in [0.5, 0.6) is 11.5 Å². The summed E-state index contributed by atoms with van der Waals surface area (Å²) in [6.45, 7) is -0.0762. The standard InChI is InChI=1S/C9H12BrNO3/c1-11-7(4-12)5-2-6(10)9(14)8(13)3-5/h2-3,7,11-14H,4H2,1H3/t7-/m1/s1. The monoisotopic (exact) mass is 261 g/mol. The van der Waals surface area contributed by atoms with Gasteiger partial charge in [0.05, 0.1) is 17.1 Å². The highest BCUT2D eigenvalue weighted by molar-refractivity contribution is 9.10. The molecule has 78 valence electrons. The van der Waals surface area contributed by atoms with Crippen molar-refractivity contribution in [1.29, 1.82) is 0 Å². The van der Waals surface area contributed by atoms with Crippen molar-refractivity contribution in [3.8, 4) is 11.5 Å². The lowest BCUT2D eigenvalue weighted by molar-refractivity contribution is 0.250. The van der Waals surface area contributed by atoms with Crippen molar-refractivity contribution in [3.05, 3.63) is 22.2 Å². The van der Waals surface area contributed by atoms with E-state index in [1.807, 2.05) is 0 Å². The fraction of sp³-hybridized carbons (Fsp3) is 0.333. The molecule has 0 aromatic heterocycles. The number of halogens is 1. The number of rotatable bonds is 3. The van der Waals surface area contributed by atoms with Gasteiger partial charge in [0, 0.05) is 0 Å². The Labute approximate surface area is 90.3 Å². The van der Waals surface area contributed by atoms with Gasteiger partial charge in [0.2, 0.25) is 0 Å². The Bertz CT molecular complexity index is 303. The lowest BCUT2D eigenvalue weighted by atomic mass is 10.1. The maximum atomic E-state index is 9.33. The van der Waals surface area contributed by atoms with Gasteiger partial charge in [0.25, 0.3) is 0 Å². The summed E-state index contributed by atoms with van der Waals surface area (Å²) in [7, 11) is 1.71. The molecule has 0 radical (unpaired) electrons. The third-order valence-electron chi connectivity index (χ3n) is 2.00. The van der Waals surface area contributed by atoms with E-state index in [9.17, 15) is 10.2 Å². The van der Waals surface area contributed by atoms with Crippen LogP contribution in [0.2, 0.25) is 0 Å². The minimum atomic E-state index is -0.252. The normalized spacial score (nSPS) is 12.8. The van der Waals surface area contributed by atoms with Gasteiger partial charge in [0.1, 0.15) is 0 Å². The number of aliphatic hydroxyl groups is 1. The van der Waals surface area contributed by atoms with E-state index in [1.54, 1.807) is 13.1 Å². The summed E-state index contributed by atoms with van der Waals surface area (Å²) in [5.74, 6) is -0.399. The fourth-order valence-electron chi connectivity index (χ4n) is 1.17. The molecule has 0 aliphatic heterocycles. The van der Waals surface area contributed by atoms with E-state index in [4.69, 9.17) is 5.11 Å². The summed E-state index contributed by atoms with van der Waals surface area (Å²) >= 11 is 3.10. The zero-order valence-electron chi connectivity index (χ0n) is 7.66. The molecule has 0 heterocycles. The van der Waals surface area contributed by atoms with E-state index in [0.29, 0.717) is 10.0 Å². The highest BCUT2D eigenvalue weighted by Gasteiger charge is 2.13. The minimum absolute atomic E-state index is 0.0762. The van der Waals surface area contributed by atoms with Gasteiger partial charge in [-0.2, -0.15) is 0 Å². The fourth-order valence-corrected chi connectivity index (χ4v) is 1.64. The molecule has 0 spiro atoms. The molecule has 1 atom stereocenters. The van der Waals surface area contributed by atoms with Crippen LogP contribution in [0.4, 0.5) is 0 Å². The molecule has 5 heteroatoms. The molecule has 0 saturated carbocycles. The molecule has 1 aromatic carbocycles. The lowest BCUT2D eigenvalue weighted by Gasteiger charge is -2.14. The quantitative estimate of drug-likeness (QED) is 0.616. The Balaban J connectivity index is 3.11. The smallest absolute Gasteiger partial charge is 0.171 e. The summed E-state index contributed by atoms with van der Waals surface area (Å²) < 4.78 is 0.404. The van der Waals surface area contributed by atoms with E-state index in [0.717, 1.165) is 0 Å². The number of hydrogen-bond acceptors (Lipinski definition) is 4. The van der Waals surface area contributed by atoms with Gasteiger partial charge in [-0.15, -0.1) is 0 Å². The number of aromatic hydroxyl groups is 2. The van der Waals surface area contributed by atoms with Crippen LogP contribution in [0.3, 0.4) is 0 Å². The van der Waals surface area contributed by atoms with E-state index in [-0.39, 0.29) is 24.1 Å². The van der Waals surface area contributed by atoms with E-state index >= 15 is 0 Å². The van der Waals surface area contributed by atoms with Crippen LogP contribution in [0, 0.1) is 0 Å². The molecule has 0 bridgehead atoms. The van der Waals surface area contributed by atoms with Crippen molar-refractivity contribution in [2.75, 3.05) is 13.7 Å². The van der Waals surface area contributed by atoms with Crippen LogP contribution in [-0.2, 0) is 0 Å². The number of phenols is 2.